The van der Waals surface area contributed by atoms with Gasteiger partial charge in [-0.1, -0.05) is 24.6 Å². The maximum absolute atomic E-state index is 13.4. The first-order valence-corrected chi connectivity index (χ1v) is 11.6. The van der Waals surface area contributed by atoms with Gasteiger partial charge in [0.2, 0.25) is 0 Å². The Kier molecular flexibility index (Phi) is 3.52. The SMILES string of the molecule is O=C(N[C@@H]1CC[C@@]2(O)[C@@H]3CCC[C@@]24c2c(ccc(O)c2O[C@@H]14)C3)c1cccc2cc[nH]c12. The normalized spacial score (nSPS) is 34.1. The summed E-state index contributed by atoms with van der Waals surface area (Å²) in [6.45, 7) is 0. The van der Waals surface area contributed by atoms with Crippen molar-refractivity contribution in [2.45, 2.75) is 61.7 Å². The van der Waals surface area contributed by atoms with Crippen LogP contribution in [0.15, 0.2) is 42.6 Å². The van der Waals surface area contributed by atoms with Crippen LogP contribution in [-0.2, 0) is 11.8 Å². The fourth-order valence-electron chi connectivity index (χ4n) is 7.52. The molecule has 0 unspecified atom stereocenters. The van der Waals surface area contributed by atoms with Gasteiger partial charge in [0.25, 0.3) is 5.91 Å². The van der Waals surface area contributed by atoms with E-state index in [2.05, 4.69) is 10.3 Å². The Morgan fingerprint density at radius 2 is 2.06 bits per heavy atom. The van der Waals surface area contributed by atoms with E-state index >= 15 is 0 Å². The van der Waals surface area contributed by atoms with E-state index in [9.17, 15) is 15.0 Å². The molecule has 6 heteroatoms. The molecule has 0 saturated heterocycles. The van der Waals surface area contributed by atoms with Gasteiger partial charge in [-0.05, 0) is 61.8 Å². The van der Waals surface area contributed by atoms with Crippen LogP contribution in [0.25, 0.3) is 10.9 Å². The number of benzene rings is 2. The van der Waals surface area contributed by atoms with Crippen molar-refractivity contribution in [1.82, 2.24) is 10.3 Å². The minimum atomic E-state index is -0.858. The number of para-hydroxylation sites is 1. The van der Waals surface area contributed by atoms with Crippen LogP contribution < -0.4 is 10.1 Å². The van der Waals surface area contributed by atoms with Crippen LogP contribution >= 0.6 is 0 Å². The molecule has 3 aliphatic carbocycles. The lowest BCUT2D eigenvalue weighted by Crippen LogP contribution is -2.72. The number of H-pyrrole nitrogens is 1. The Bertz CT molecular complexity index is 1280. The van der Waals surface area contributed by atoms with E-state index < -0.39 is 17.1 Å². The zero-order valence-electron chi connectivity index (χ0n) is 17.7. The minimum absolute atomic E-state index is 0.125. The summed E-state index contributed by atoms with van der Waals surface area (Å²) in [5, 5.41) is 27.0. The number of aromatic hydroxyl groups is 1. The van der Waals surface area contributed by atoms with Crippen LogP contribution in [0.4, 0.5) is 0 Å². The fraction of sp³-hybridized carbons (Fsp3) is 0.423. The van der Waals surface area contributed by atoms with Crippen molar-refractivity contribution in [3.8, 4) is 11.5 Å². The Balaban J connectivity index is 1.32. The second-order valence-corrected chi connectivity index (χ2v) is 10.0. The summed E-state index contributed by atoms with van der Waals surface area (Å²) in [4.78, 5) is 16.5. The highest BCUT2D eigenvalue weighted by Gasteiger charge is 2.71. The van der Waals surface area contributed by atoms with Gasteiger partial charge in [0.15, 0.2) is 11.5 Å². The first-order chi connectivity index (χ1) is 15.5. The van der Waals surface area contributed by atoms with Gasteiger partial charge in [-0.15, -0.1) is 0 Å². The van der Waals surface area contributed by atoms with Gasteiger partial charge in [0.1, 0.15) is 6.10 Å². The molecular weight excluding hydrogens is 404 g/mol. The van der Waals surface area contributed by atoms with E-state index in [1.165, 1.54) is 5.56 Å². The minimum Gasteiger partial charge on any atom is -0.504 e. The van der Waals surface area contributed by atoms with Crippen molar-refractivity contribution in [3.63, 3.8) is 0 Å². The Morgan fingerprint density at radius 1 is 1.16 bits per heavy atom. The van der Waals surface area contributed by atoms with Crippen molar-refractivity contribution in [2.75, 3.05) is 0 Å². The summed E-state index contributed by atoms with van der Waals surface area (Å²) in [5.41, 5.74) is 2.16. The maximum Gasteiger partial charge on any atom is 0.253 e. The van der Waals surface area contributed by atoms with Gasteiger partial charge in [0.05, 0.1) is 28.1 Å². The van der Waals surface area contributed by atoms with Crippen molar-refractivity contribution >= 4 is 16.8 Å². The van der Waals surface area contributed by atoms with Crippen molar-refractivity contribution in [2.24, 2.45) is 5.92 Å². The quantitative estimate of drug-likeness (QED) is 0.500. The standard InChI is InChI=1S/C26H26N2O4/c29-19-7-6-15-13-16-4-2-10-25-20(15)22(19)32-23(25)18(8-11-26(16,25)31)28-24(30)17-5-1-3-14-9-12-27-21(14)17/h1,3,5-7,9,12,16,18,23,27,29,31H,2,4,8,10-11,13H2,(H,28,30)/t16-,18-,23+,25+,26-/m1/s1. The highest BCUT2D eigenvalue weighted by Crippen LogP contribution is 2.67. The molecule has 1 spiro atoms. The van der Waals surface area contributed by atoms with Crippen molar-refractivity contribution < 1.29 is 19.7 Å². The first-order valence-electron chi connectivity index (χ1n) is 11.6. The average molecular weight is 431 g/mol. The molecule has 5 atom stereocenters. The fourth-order valence-corrected chi connectivity index (χ4v) is 7.52. The zero-order chi connectivity index (χ0) is 21.7. The summed E-state index contributed by atoms with van der Waals surface area (Å²) in [5.74, 6) is 0.686. The maximum atomic E-state index is 13.4. The second-order valence-electron chi connectivity index (χ2n) is 10.0. The monoisotopic (exact) mass is 430 g/mol. The summed E-state index contributed by atoms with van der Waals surface area (Å²) in [6, 6.07) is 11.1. The summed E-state index contributed by atoms with van der Waals surface area (Å²) < 4.78 is 6.46. The molecule has 4 N–H and O–H groups in total. The van der Waals surface area contributed by atoms with E-state index in [-0.39, 0.29) is 23.6 Å². The first kappa shape index (κ1) is 18.6. The number of phenols is 1. The topological polar surface area (TPSA) is 94.6 Å². The van der Waals surface area contributed by atoms with Gasteiger partial charge in [0, 0.05) is 17.1 Å². The van der Waals surface area contributed by atoms with E-state index in [1.807, 2.05) is 36.5 Å². The third-order valence-electron chi connectivity index (χ3n) is 8.79. The molecule has 2 heterocycles. The Hall–Kier alpha value is -2.99. The molecule has 3 aromatic rings. The molecule has 1 aliphatic heterocycles. The lowest BCUT2D eigenvalue weighted by atomic mass is 9.45. The molecule has 6 nitrogen and oxygen atoms in total. The second kappa shape index (κ2) is 6.07. The molecule has 0 radical (unpaired) electrons. The summed E-state index contributed by atoms with van der Waals surface area (Å²) >= 11 is 0. The third-order valence-corrected chi connectivity index (χ3v) is 8.79. The molecule has 164 valence electrons. The number of nitrogens with one attached hydrogen (secondary N) is 2. The van der Waals surface area contributed by atoms with Gasteiger partial charge in [-0.3, -0.25) is 4.79 Å². The molecule has 1 amide bonds. The van der Waals surface area contributed by atoms with Crippen LogP contribution in [0.2, 0.25) is 0 Å². The Labute approximate surface area is 185 Å². The number of carbonyl (C=O) groups excluding carboxylic acids is 1. The van der Waals surface area contributed by atoms with E-state index in [0.717, 1.165) is 42.1 Å². The Morgan fingerprint density at radius 3 is 2.97 bits per heavy atom. The molecule has 2 saturated carbocycles. The van der Waals surface area contributed by atoms with Crippen LogP contribution in [0, 0.1) is 5.92 Å². The number of ether oxygens (including phenoxy) is 1. The molecule has 2 fully saturated rings. The number of aliphatic hydroxyl groups is 1. The van der Waals surface area contributed by atoms with Gasteiger partial charge in [-0.25, -0.2) is 0 Å². The highest BCUT2D eigenvalue weighted by molar-refractivity contribution is 6.05. The lowest BCUT2D eigenvalue weighted by molar-refractivity contribution is -0.174. The zero-order valence-corrected chi connectivity index (χ0v) is 17.7. The van der Waals surface area contributed by atoms with Crippen LogP contribution in [-0.4, -0.2) is 38.9 Å². The molecule has 4 aliphatic rings. The number of phenolic OH excluding ortho intramolecular Hbond substituents is 1. The summed E-state index contributed by atoms with van der Waals surface area (Å²) in [7, 11) is 0. The van der Waals surface area contributed by atoms with Crippen molar-refractivity contribution in [3.05, 3.63) is 59.3 Å². The largest absolute Gasteiger partial charge is 0.504 e. The molecule has 2 bridgehead atoms. The van der Waals surface area contributed by atoms with E-state index in [4.69, 9.17) is 4.74 Å². The van der Waals surface area contributed by atoms with Crippen LogP contribution in [0.1, 0.15) is 53.6 Å². The number of fused-ring (bicyclic) bond motifs is 1. The molecule has 7 rings (SSSR count). The van der Waals surface area contributed by atoms with Gasteiger partial charge < -0.3 is 25.3 Å². The predicted octanol–water partition coefficient (Wildman–Crippen LogP) is 3.55. The average Bonchev–Trinajstić information content (AvgIpc) is 3.39. The number of amides is 1. The smallest absolute Gasteiger partial charge is 0.253 e. The van der Waals surface area contributed by atoms with Gasteiger partial charge >= 0.3 is 0 Å². The highest BCUT2D eigenvalue weighted by atomic mass is 16.5. The summed E-state index contributed by atoms with van der Waals surface area (Å²) in [6.07, 6.45) is 6.39. The number of hydrogen-bond acceptors (Lipinski definition) is 4. The lowest BCUT2D eigenvalue weighted by Gasteiger charge is -2.61. The van der Waals surface area contributed by atoms with E-state index in [1.54, 1.807) is 6.07 Å². The van der Waals surface area contributed by atoms with Crippen LogP contribution in [0.5, 0.6) is 11.5 Å². The predicted molar refractivity (Wildman–Crippen MR) is 119 cm³/mol. The molecule has 2 aromatic carbocycles. The number of hydrogen-bond donors (Lipinski definition) is 4. The van der Waals surface area contributed by atoms with Gasteiger partial charge in [-0.2, -0.15) is 0 Å². The number of carbonyl (C=O) groups is 1. The molecule has 32 heavy (non-hydrogen) atoms. The van der Waals surface area contributed by atoms with E-state index in [0.29, 0.717) is 24.2 Å². The third kappa shape index (κ3) is 2.07. The number of aromatic amines is 1. The molecular formula is C26H26N2O4. The number of rotatable bonds is 2. The number of aromatic nitrogens is 1. The van der Waals surface area contributed by atoms with Crippen LogP contribution in [0.3, 0.4) is 0 Å². The molecule has 1 aromatic heterocycles. The van der Waals surface area contributed by atoms with Crippen molar-refractivity contribution in [1.29, 1.82) is 0 Å².